The maximum Gasteiger partial charge on any atom is 0.262 e. The molecule has 1 amide bonds. The minimum absolute atomic E-state index is 0.213. The average Bonchev–Trinajstić information content (AvgIpc) is 3.26. The van der Waals surface area contributed by atoms with Gasteiger partial charge in [-0.3, -0.25) is 9.52 Å². The van der Waals surface area contributed by atoms with Gasteiger partial charge in [0.2, 0.25) is 0 Å². The summed E-state index contributed by atoms with van der Waals surface area (Å²) in [6.45, 7) is 14.6. The first-order valence-corrected chi connectivity index (χ1v) is 16.1. The molecule has 0 radical (unpaired) electrons. The molecule has 2 heterocycles. The topological polar surface area (TPSA) is 93.5 Å². The molecule has 5 rings (SSSR count). The molecule has 1 aliphatic rings. The molecule has 1 N–H and O–H groups in total. The number of nitrogens with zero attached hydrogens (tertiary/aromatic N) is 3. The smallest absolute Gasteiger partial charge is 0.262 e. The Morgan fingerprint density at radius 1 is 1.02 bits per heavy atom. The Morgan fingerprint density at radius 2 is 1.70 bits per heavy atom. The van der Waals surface area contributed by atoms with E-state index in [4.69, 9.17) is 4.74 Å². The number of ether oxygens (including phenoxy) is 1. The number of para-hydroxylation sites is 1. The van der Waals surface area contributed by atoms with Gasteiger partial charge in [-0.15, -0.1) is 0 Å². The highest BCUT2D eigenvalue weighted by atomic mass is 32.2. The van der Waals surface area contributed by atoms with Crippen molar-refractivity contribution in [1.29, 1.82) is 0 Å². The number of hydrogen-bond acceptors (Lipinski definition) is 5. The van der Waals surface area contributed by atoms with Crippen molar-refractivity contribution >= 4 is 21.6 Å². The Labute approximate surface area is 258 Å². The number of morpholine rings is 1. The Balaban J connectivity index is 1.40. The van der Waals surface area contributed by atoms with Crippen LogP contribution in [0.2, 0.25) is 0 Å². The van der Waals surface area contributed by atoms with Gasteiger partial charge in [0.05, 0.1) is 29.8 Å². The minimum atomic E-state index is -3.88. The van der Waals surface area contributed by atoms with E-state index in [1.807, 2.05) is 47.6 Å². The first-order chi connectivity index (χ1) is 20.7. The largest absolute Gasteiger partial charge is 0.377 e. The molecule has 8 nitrogen and oxygen atoms in total. The van der Waals surface area contributed by atoms with Crippen molar-refractivity contribution in [1.82, 2.24) is 14.7 Å². The molecule has 1 aliphatic heterocycles. The minimum Gasteiger partial charge on any atom is -0.377 e. The van der Waals surface area contributed by atoms with Crippen molar-refractivity contribution in [2.45, 2.75) is 64.8 Å². The van der Waals surface area contributed by atoms with Gasteiger partial charge in [-0.05, 0) is 92.3 Å². The molecule has 3 aromatic carbocycles. The van der Waals surface area contributed by atoms with E-state index in [1.54, 1.807) is 65.0 Å². The van der Waals surface area contributed by atoms with Crippen LogP contribution in [-0.4, -0.2) is 48.8 Å². The second kappa shape index (κ2) is 11.8. The van der Waals surface area contributed by atoms with Gasteiger partial charge in [0.25, 0.3) is 15.9 Å². The maximum atomic E-state index is 14.6. The predicted octanol–water partition coefficient (Wildman–Crippen LogP) is 6.56. The van der Waals surface area contributed by atoms with Gasteiger partial charge in [-0.2, -0.15) is 5.10 Å². The lowest BCUT2D eigenvalue weighted by molar-refractivity contribution is -0.00303. The van der Waals surface area contributed by atoms with Crippen LogP contribution in [0, 0.1) is 33.5 Å². The van der Waals surface area contributed by atoms with Gasteiger partial charge < -0.3 is 9.64 Å². The summed E-state index contributed by atoms with van der Waals surface area (Å²) in [5.74, 6) is -0.602. The summed E-state index contributed by atoms with van der Waals surface area (Å²) in [5.41, 5.74) is 5.66. The lowest BCUT2D eigenvalue weighted by atomic mass is 9.85. The second-order valence-corrected chi connectivity index (χ2v) is 14.0. The highest BCUT2D eigenvalue weighted by molar-refractivity contribution is 7.92. The number of aromatic nitrogens is 2. The molecule has 1 atom stereocenters. The molecule has 0 aliphatic carbocycles. The van der Waals surface area contributed by atoms with Crippen molar-refractivity contribution in [2.24, 2.45) is 0 Å². The van der Waals surface area contributed by atoms with Crippen LogP contribution < -0.4 is 4.72 Å². The van der Waals surface area contributed by atoms with Crippen molar-refractivity contribution in [3.8, 4) is 5.69 Å². The third-order valence-corrected chi connectivity index (χ3v) is 9.82. The molecule has 0 bridgehead atoms. The summed E-state index contributed by atoms with van der Waals surface area (Å²) in [6, 6.07) is 16.2. The lowest BCUT2D eigenvalue weighted by Gasteiger charge is -2.36. The van der Waals surface area contributed by atoms with Crippen LogP contribution in [0.3, 0.4) is 0 Å². The molecule has 1 aromatic heterocycles. The standard InChI is InChI=1S/C34H39FN4O4S/c1-21-18-26(34(5,6)7)19-31(22(21)2)44(41,42)37-27-14-12-25(13-15-27)33(40)38-16-17-43-20-30(38)32-23(3)36-39(24(32)4)29-11-9-8-10-28(29)35/h8-15,18-19,30,37H,16-17,20H2,1-7H3. The molecule has 0 spiro atoms. The fourth-order valence-electron chi connectivity index (χ4n) is 5.68. The van der Waals surface area contributed by atoms with Crippen LogP contribution in [0.5, 0.6) is 0 Å². The summed E-state index contributed by atoms with van der Waals surface area (Å²) in [6.07, 6.45) is 0. The first-order valence-electron chi connectivity index (χ1n) is 14.6. The summed E-state index contributed by atoms with van der Waals surface area (Å²) < 4.78 is 51.6. The zero-order valence-electron chi connectivity index (χ0n) is 26.2. The molecule has 0 saturated carbocycles. The average molecular weight is 619 g/mol. The van der Waals surface area contributed by atoms with Gasteiger partial charge in [-0.25, -0.2) is 17.5 Å². The Kier molecular flexibility index (Phi) is 8.43. The number of carbonyl (C=O) groups excluding carboxylic acids is 1. The molecule has 232 valence electrons. The van der Waals surface area contributed by atoms with Gasteiger partial charge in [0.15, 0.2) is 0 Å². The fraction of sp³-hybridized carbons (Fsp3) is 0.353. The van der Waals surface area contributed by atoms with Gasteiger partial charge in [0.1, 0.15) is 11.5 Å². The third kappa shape index (κ3) is 6.01. The quantitative estimate of drug-likeness (QED) is 0.264. The summed E-state index contributed by atoms with van der Waals surface area (Å²) in [5, 5.41) is 4.60. The molecule has 1 fully saturated rings. The van der Waals surface area contributed by atoms with Gasteiger partial charge in [-0.1, -0.05) is 39.0 Å². The zero-order valence-corrected chi connectivity index (χ0v) is 27.0. The number of sulfonamides is 1. The van der Waals surface area contributed by atoms with E-state index < -0.39 is 16.1 Å². The maximum absolute atomic E-state index is 14.6. The molecule has 1 saturated heterocycles. The highest BCUT2D eigenvalue weighted by Crippen LogP contribution is 2.33. The number of carbonyl (C=O) groups is 1. The molecule has 4 aromatic rings. The Hall–Kier alpha value is -4.02. The van der Waals surface area contributed by atoms with Crippen LogP contribution in [-0.2, 0) is 20.2 Å². The monoisotopic (exact) mass is 618 g/mol. The number of aryl methyl sites for hydroxylation is 2. The van der Waals surface area contributed by atoms with E-state index >= 15 is 0 Å². The van der Waals surface area contributed by atoms with E-state index in [1.165, 1.54) is 6.07 Å². The molecule has 10 heteroatoms. The molecular weight excluding hydrogens is 579 g/mol. The number of halogens is 1. The van der Waals surface area contributed by atoms with Crippen LogP contribution in [0.4, 0.5) is 10.1 Å². The van der Waals surface area contributed by atoms with Crippen molar-refractivity contribution in [2.75, 3.05) is 24.5 Å². The van der Waals surface area contributed by atoms with E-state index in [2.05, 4.69) is 9.82 Å². The SMILES string of the molecule is Cc1cc(C(C)(C)C)cc(S(=O)(=O)Nc2ccc(C(=O)N3CCOCC3c3c(C)nn(-c4ccccc4F)c3C)cc2)c1C. The summed E-state index contributed by atoms with van der Waals surface area (Å²) in [7, 11) is -3.88. The second-order valence-electron chi connectivity index (χ2n) is 12.4. The zero-order chi connectivity index (χ0) is 32.0. The highest BCUT2D eigenvalue weighted by Gasteiger charge is 2.34. The van der Waals surface area contributed by atoms with Crippen LogP contribution in [0.25, 0.3) is 5.69 Å². The number of nitrogens with one attached hydrogen (secondary N) is 1. The molecule has 1 unspecified atom stereocenters. The molecular formula is C34H39FN4O4S. The predicted molar refractivity (Wildman–Crippen MR) is 169 cm³/mol. The molecule has 44 heavy (non-hydrogen) atoms. The third-order valence-electron chi connectivity index (χ3n) is 8.31. The van der Waals surface area contributed by atoms with Crippen molar-refractivity contribution in [3.63, 3.8) is 0 Å². The fourth-order valence-corrected chi connectivity index (χ4v) is 7.08. The van der Waals surface area contributed by atoms with Crippen LogP contribution >= 0.6 is 0 Å². The van der Waals surface area contributed by atoms with E-state index in [-0.39, 0.29) is 28.6 Å². The van der Waals surface area contributed by atoms with E-state index in [0.29, 0.717) is 41.3 Å². The van der Waals surface area contributed by atoms with Crippen LogP contribution in [0.15, 0.2) is 65.6 Å². The Morgan fingerprint density at radius 3 is 2.36 bits per heavy atom. The number of rotatable bonds is 6. The lowest BCUT2D eigenvalue weighted by Crippen LogP contribution is -2.43. The summed E-state index contributed by atoms with van der Waals surface area (Å²) >= 11 is 0. The number of hydrogen-bond donors (Lipinski definition) is 1. The van der Waals surface area contributed by atoms with Crippen molar-refractivity contribution in [3.05, 3.63) is 106 Å². The first kappa shape index (κ1) is 31.4. The Bertz CT molecular complexity index is 1830. The number of benzene rings is 3. The number of amides is 1. The van der Waals surface area contributed by atoms with E-state index in [9.17, 15) is 17.6 Å². The van der Waals surface area contributed by atoms with E-state index in [0.717, 1.165) is 22.4 Å². The normalized spacial score (nSPS) is 15.8. The summed E-state index contributed by atoms with van der Waals surface area (Å²) in [4.78, 5) is 15.8. The van der Waals surface area contributed by atoms with Crippen molar-refractivity contribution < 1.29 is 22.3 Å². The van der Waals surface area contributed by atoms with Gasteiger partial charge in [0, 0.05) is 29.1 Å². The number of anilines is 1. The van der Waals surface area contributed by atoms with Crippen LogP contribution in [0.1, 0.15) is 70.8 Å². The van der Waals surface area contributed by atoms with Gasteiger partial charge >= 0.3 is 0 Å².